The van der Waals surface area contributed by atoms with Crippen molar-refractivity contribution < 1.29 is 56.7 Å². The second kappa shape index (κ2) is 19.9. The van der Waals surface area contributed by atoms with Crippen LogP contribution in [0.4, 0.5) is 4.39 Å². The van der Waals surface area contributed by atoms with E-state index in [1.165, 1.54) is 30.3 Å². The van der Waals surface area contributed by atoms with Crippen LogP contribution in [0, 0.1) is 5.82 Å². The fourth-order valence-corrected chi connectivity index (χ4v) is 4.03. The van der Waals surface area contributed by atoms with Crippen molar-refractivity contribution in [3.63, 3.8) is 0 Å². The molecule has 12 heteroatoms. The van der Waals surface area contributed by atoms with Gasteiger partial charge in [0.15, 0.2) is 11.5 Å². The van der Waals surface area contributed by atoms with Gasteiger partial charge in [0, 0.05) is 35.6 Å². The van der Waals surface area contributed by atoms with E-state index in [4.69, 9.17) is 33.2 Å². The lowest BCUT2D eigenvalue weighted by Gasteiger charge is -2.15. The molecule has 3 aromatic rings. The van der Waals surface area contributed by atoms with Crippen LogP contribution in [0.25, 0.3) is 11.1 Å². The van der Waals surface area contributed by atoms with Gasteiger partial charge >= 0.3 is 23.9 Å². The van der Waals surface area contributed by atoms with Crippen LogP contribution in [0.1, 0.15) is 44.0 Å². The summed E-state index contributed by atoms with van der Waals surface area (Å²) in [6, 6.07) is 15.4. The zero-order chi connectivity index (χ0) is 37.3. The highest BCUT2D eigenvalue weighted by molar-refractivity contribution is 5.92. The molecule has 0 N–H and O–H groups in total. The molecule has 3 aromatic carbocycles. The van der Waals surface area contributed by atoms with Gasteiger partial charge in [0.25, 0.3) is 0 Å². The number of benzene rings is 3. The Balaban J connectivity index is 1.63. The van der Waals surface area contributed by atoms with Crippen LogP contribution in [-0.2, 0) is 28.6 Å². The molecule has 0 radical (unpaired) electrons. The standard InChI is InChI=1S/C39H41FO11/c1-25(2)36(41)48-19-7-17-46-34-16-14-31(24-35(34)47-18-8-20-49-37(42)26(3)4)51-39(44)32-15-11-29(23-33(32)40)28-9-12-30(13-10-28)45-21-22-50-38(43)27(5)6/h9-16,23-24H,1,3,5,7-8,17-22H2,2,4,6H3. The van der Waals surface area contributed by atoms with Gasteiger partial charge in [-0.3, -0.25) is 0 Å². The number of esters is 4. The van der Waals surface area contributed by atoms with Crippen LogP contribution in [0.3, 0.4) is 0 Å². The summed E-state index contributed by atoms with van der Waals surface area (Å²) in [7, 11) is 0. The van der Waals surface area contributed by atoms with Crippen LogP contribution in [0.5, 0.6) is 23.0 Å². The second-order valence-electron chi connectivity index (χ2n) is 11.2. The smallest absolute Gasteiger partial charge is 0.346 e. The fourth-order valence-electron chi connectivity index (χ4n) is 4.03. The molecule has 51 heavy (non-hydrogen) atoms. The van der Waals surface area contributed by atoms with E-state index in [0.717, 1.165) is 0 Å². The van der Waals surface area contributed by atoms with E-state index in [2.05, 4.69) is 19.7 Å². The van der Waals surface area contributed by atoms with Gasteiger partial charge in [-0.1, -0.05) is 37.9 Å². The van der Waals surface area contributed by atoms with Gasteiger partial charge in [-0.2, -0.15) is 0 Å². The van der Waals surface area contributed by atoms with Crippen molar-refractivity contribution >= 4 is 23.9 Å². The Morgan fingerprint density at radius 1 is 0.549 bits per heavy atom. The minimum atomic E-state index is -0.930. The molecule has 0 bridgehead atoms. The Labute approximate surface area is 296 Å². The van der Waals surface area contributed by atoms with Crippen LogP contribution < -0.4 is 18.9 Å². The first-order chi connectivity index (χ1) is 24.3. The van der Waals surface area contributed by atoms with Gasteiger partial charge in [0.05, 0.1) is 32.0 Å². The Morgan fingerprint density at radius 2 is 1.06 bits per heavy atom. The monoisotopic (exact) mass is 704 g/mol. The highest BCUT2D eigenvalue weighted by Gasteiger charge is 2.17. The van der Waals surface area contributed by atoms with Gasteiger partial charge in [-0.25, -0.2) is 23.6 Å². The molecule has 0 aliphatic carbocycles. The number of hydrogen-bond acceptors (Lipinski definition) is 11. The largest absolute Gasteiger partial charge is 0.490 e. The van der Waals surface area contributed by atoms with Crippen LogP contribution in [0.15, 0.2) is 97.1 Å². The van der Waals surface area contributed by atoms with Gasteiger partial charge in [-0.15, -0.1) is 0 Å². The number of ether oxygens (including phenoxy) is 7. The lowest BCUT2D eigenvalue weighted by molar-refractivity contribution is -0.140. The summed E-state index contributed by atoms with van der Waals surface area (Å²) in [4.78, 5) is 47.7. The molecule has 0 fully saturated rings. The van der Waals surface area contributed by atoms with Gasteiger partial charge in [-0.05, 0) is 68.3 Å². The van der Waals surface area contributed by atoms with Crippen LogP contribution in [0.2, 0.25) is 0 Å². The summed E-state index contributed by atoms with van der Waals surface area (Å²) in [5.41, 5.74) is 1.78. The van der Waals surface area contributed by atoms with E-state index in [9.17, 15) is 19.2 Å². The molecule has 0 amide bonds. The first-order valence-corrected chi connectivity index (χ1v) is 16.0. The summed E-state index contributed by atoms with van der Waals surface area (Å²) >= 11 is 0. The third kappa shape index (κ3) is 13.1. The lowest BCUT2D eigenvalue weighted by Crippen LogP contribution is -2.12. The molecule has 0 unspecified atom stereocenters. The van der Waals surface area contributed by atoms with Gasteiger partial charge in [0.2, 0.25) is 0 Å². The number of carbonyl (C=O) groups excluding carboxylic acids is 4. The van der Waals surface area contributed by atoms with E-state index >= 15 is 4.39 Å². The van der Waals surface area contributed by atoms with Crippen molar-refractivity contribution in [3.8, 4) is 34.1 Å². The lowest BCUT2D eigenvalue weighted by atomic mass is 10.0. The molecule has 0 aromatic heterocycles. The summed E-state index contributed by atoms with van der Waals surface area (Å²) in [5.74, 6) is -2.08. The van der Waals surface area contributed by atoms with E-state index in [-0.39, 0.29) is 67.8 Å². The molecule has 0 atom stereocenters. The number of hydrogen-bond donors (Lipinski definition) is 0. The normalized spacial score (nSPS) is 10.4. The van der Waals surface area contributed by atoms with Crippen molar-refractivity contribution in [2.24, 2.45) is 0 Å². The van der Waals surface area contributed by atoms with Gasteiger partial charge < -0.3 is 33.2 Å². The molecule has 0 aliphatic heterocycles. The molecule has 0 spiro atoms. The van der Waals surface area contributed by atoms with Gasteiger partial charge in [0.1, 0.15) is 30.5 Å². The minimum Gasteiger partial charge on any atom is -0.490 e. The number of carbonyl (C=O) groups is 4. The predicted octanol–water partition coefficient (Wildman–Crippen LogP) is 6.99. The first kappa shape index (κ1) is 39.5. The molecule has 11 nitrogen and oxygen atoms in total. The molecule has 270 valence electrons. The van der Waals surface area contributed by atoms with Crippen LogP contribution in [-0.4, -0.2) is 63.5 Å². The minimum absolute atomic E-state index is 0.0631. The molecule has 3 rings (SSSR count). The highest BCUT2D eigenvalue weighted by Crippen LogP contribution is 2.33. The molecule has 0 heterocycles. The quantitative estimate of drug-likeness (QED) is 0.0396. The average Bonchev–Trinajstić information content (AvgIpc) is 3.10. The fraction of sp³-hybridized carbons (Fsp3) is 0.282. The maximum atomic E-state index is 15.2. The maximum Gasteiger partial charge on any atom is 0.346 e. The molecular weight excluding hydrogens is 663 g/mol. The Morgan fingerprint density at radius 3 is 1.61 bits per heavy atom. The maximum absolute atomic E-state index is 15.2. The Hall–Kier alpha value is -5.91. The first-order valence-electron chi connectivity index (χ1n) is 16.0. The zero-order valence-corrected chi connectivity index (χ0v) is 28.9. The molecule has 0 aliphatic rings. The van der Waals surface area contributed by atoms with Crippen molar-refractivity contribution in [1.82, 2.24) is 0 Å². The Kier molecular flexibility index (Phi) is 15.4. The van der Waals surface area contributed by atoms with Crippen molar-refractivity contribution in [1.29, 1.82) is 0 Å². The van der Waals surface area contributed by atoms with Crippen molar-refractivity contribution in [2.45, 2.75) is 33.6 Å². The van der Waals surface area contributed by atoms with E-state index in [0.29, 0.717) is 41.0 Å². The summed E-state index contributed by atoms with van der Waals surface area (Å²) in [6.45, 7) is 16.0. The molecule has 0 saturated heterocycles. The van der Waals surface area contributed by atoms with Crippen molar-refractivity contribution in [3.05, 3.63) is 109 Å². The van der Waals surface area contributed by atoms with Crippen molar-refractivity contribution in [2.75, 3.05) is 39.6 Å². The second-order valence-corrected chi connectivity index (χ2v) is 11.2. The van der Waals surface area contributed by atoms with E-state index < -0.39 is 29.7 Å². The average molecular weight is 705 g/mol. The van der Waals surface area contributed by atoms with E-state index in [1.807, 2.05) is 0 Å². The SMILES string of the molecule is C=C(C)C(=O)OCCCOc1ccc(OC(=O)c2ccc(-c3ccc(OCCOC(=O)C(=C)C)cc3)cc2F)cc1OCCCOC(=O)C(=C)C. The predicted molar refractivity (Wildman–Crippen MR) is 186 cm³/mol. The third-order valence-electron chi connectivity index (χ3n) is 6.69. The third-order valence-corrected chi connectivity index (χ3v) is 6.69. The number of halogens is 1. The Bertz CT molecular complexity index is 1740. The highest BCUT2D eigenvalue weighted by atomic mass is 19.1. The summed E-state index contributed by atoms with van der Waals surface area (Å²) in [6.07, 6.45) is 0.730. The van der Waals surface area contributed by atoms with Crippen LogP contribution >= 0.6 is 0 Å². The molecule has 0 saturated carbocycles. The molecular formula is C39H41FO11. The van der Waals surface area contributed by atoms with E-state index in [1.54, 1.807) is 51.1 Å². The summed E-state index contributed by atoms with van der Waals surface area (Å²) < 4.78 is 53.0. The summed E-state index contributed by atoms with van der Waals surface area (Å²) in [5, 5.41) is 0. The topological polar surface area (TPSA) is 133 Å². The number of rotatable bonds is 20. The zero-order valence-electron chi connectivity index (χ0n) is 28.9.